The Balaban J connectivity index is 1.54. The smallest absolute Gasteiger partial charge is 0.243 e. The molecular formula is C24H33N3O6S2. The van der Waals surface area contributed by atoms with E-state index in [2.05, 4.69) is 5.32 Å². The van der Waals surface area contributed by atoms with E-state index in [4.69, 9.17) is 4.74 Å². The van der Waals surface area contributed by atoms with Gasteiger partial charge in [-0.3, -0.25) is 9.10 Å². The lowest BCUT2D eigenvalue weighted by molar-refractivity contribution is -0.121. The lowest BCUT2D eigenvalue weighted by Crippen LogP contribution is -2.48. The second kappa shape index (κ2) is 11.4. The highest BCUT2D eigenvalue weighted by atomic mass is 32.2. The molecule has 0 radical (unpaired) electrons. The summed E-state index contributed by atoms with van der Waals surface area (Å²) in [4.78, 5) is 12.9. The molecule has 0 aromatic heterocycles. The predicted octanol–water partition coefficient (Wildman–Crippen LogP) is 2.38. The van der Waals surface area contributed by atoms with Crippen LogP contribution in [0, 0.1) is 0 Å². The molecule has 1 saturated heterocycles. The van der Waals surface area contributed by atoms with Crippen molar-refractivity contribution in [3.63, 3.8) is 0 Å². The Morgan fingerprint density at radius 1 is 1.03 bits per heavy atom. The van der Waals surface area contributed by atoms with Crippen molar-refractivity contribution in [2.75, 3.05) is 36.8 Å². The van der Waals surface area contributed by atoms with Gasteiger partial charge in [0.15, 0.2) is 0 Å². The highest BCUT2D eigenvalue weighted by Crippen LogP contribution is 2.23. The Labute approximate surface area is 208 Å². The molecule has 1 atom stereocenters. The van der Waals surface area contributed by atoms with Crippen LogP contribution in [0.2, 0.25) is 0 Å². The van der Waals surface area contributed by atoms with Crippen LogP contribution in [0.15, 0.2) is 53.4 Å². The first-order valence-corrected chi connectivity index (χ1v) is 14.9. The van der Waals surface area contributed by atoms with Gasteiger partial charge in [-0.15, -0.1) is 0 Å². The number of ether oxygens (including phenoxy) is 1. The van der Waals surface area contributed by atoms with Crippen LogP contribution in [-0.2, 0) is 31.3 Å². The van der Waals surface area contributed by atoms with Gasteiger partial charge in [0.2, 0.25) is 26.0 Å². The van der Waals surface area contributed by atoms with E-state index < -0.39 is 32.0 Å². The third-order valence-corrected chi connectivity index (χ3v) is 9.04. The highest BCUT2D eigenvalue weighted by Gasteiger charge is 2.29. The van der Waals surface area contributed by atoms with Gasteiger partial charge in [0.1, 0.15) is 18.4 Å². The standard InChI is InChI=1S/C24H33N3O6S2/c1-4-20-7-9-21(10-8-20)27(34(3,29)30)19(2)24(28)25-15-18-33-22-11-13-23(14-12-22)35(31,32)26-16-5-6-17-26/h7-14,19H,4-6,15-18H2,1-3H3,(H,25,28)/t19-/m1/s1. The number of sulfonamides is 2. The van der Waals surface area contributed by atoms with Crippen LogP contribution >= 0.6 is 0 Å². The Morgan fingerprint density at radius 2 is 1.63 bits per heavy atom. The fraction of sp³-hybridized carbons (Fsp3) is 0.458. The molecule has 0 spiro atoms. The van der Waals surface area contributed by atoms with Gasteiger partial charge in [-0.1, -0.05) is 19.1 Å². The Bertz CT molecular complexity index is 1210. The van der Waals surface area contributed by atoms with Gasteiger partial charge in [0, 0.05) is 13.1 Å². The number of amides is 1. The van der Waals surface area contributed by atoms with Gasteiger partial charge >= 0.3 is 0 Å². The molecule has 1 N–H and O–H groups in total. The van der Waals surface area contributed by atoms with Crippen molar-refractivity contribution in [2.45, 2.75) is 44.0 Å². The number of carbonyl (C=O) groups excluding carboxylic acids is 1. The first-order valence-electron chi connectivity index (χ1n) is 11.6. The van der Waals surface area contributed by atoms with Gasteiger partial charge in [0.05, 0.1) is 23.4 Å². The highest BCUT2D eigenvalue weighted by molar-refractivity contribution is 7.92. The molecule has 2 aromatic carbocycles. The minimum absolute atomic E-state index is 0.140. The monoisotopic (exact) mass is 523 g/mol. The molecule has 35 heavy (non-hydrogen) atoms. The van der Waals surface area contributed by atoms with Crippen molar-refractivity contribution in [1.82, 2.24) is 9.62 Å². The Kier molecular flexibility index (Phi) is 8.79. The molecule has 0 unspecified atom stereocenters. The van der Waals surface area contributed by atoms with Gasteiger partial charge < -0.3 is 10.1 Å². The maximum atomic E-state index is 12.7. The van der Waals surface area contributed by atoms with E-state index in [0.29, 0.717) is 24.5 Å². The second-order valence-corrected chi connectivity index (χ2v) is 12.3. The third kappa shape index (κ3) is 6.74. The molecule has 1 aliphatic heterocycles. The summed E-state index contributed by atoms with van der Waals surface area (Å²) in [6.07, 6.45) is 3.64. The molecule has 1 fully saturated rings. The lowest BCUT2D eigenvalue weighted by atomic mass is 10.1. The fourth-order valence-corrected chi connectivity index (χ4v) is 6.66. The van der Waals surface area contributed by atoms with Gasteiger partial charge in [-0.05, 0) is 68.1 Å². The van der Waals surface area contributed by atoms with E-state index in [1.165, 1.54) is 23.4 Å². The Morgan fingerprint density at radius 3 is 2.17 bits per heavy atom. The van der Waals surface area contributed by atoms with Crippen LogP contribution in [0.3, 0.4) is 0 Å². The van der Waals surface area contributed by atoms with Crippen LogP contribution < -0.4 is 14.4 Å². The van der Waals surface area contributed by atoms with Crippen molar-refractivity contribution in [3.8, 4) is 5.75 Å². The average molecular weight is 524 g/mol. The number of nitrogens with zero attached hydrogens (tertiary/aromatic N) is 2. The molecule has 192 valence electrons. The summed E-state index contributed by atoms with van der Waals surface area (Å²) >= 11 is 0. The number of carbonyl (C=O) groups is 1. The van der Waals surface area contributed by atoms with Crippen molar-refractivity contribution in [1.29, 1.82) is 0 Å². The summed E-state index contributed by atoms with van der Waals surface area (Å²) < 4.78 is 58.2. The summed E-state index contributed by atoms with van der Waals surface area (Å²) in [6, 6.07) is 12.3. The molecule has 1 aliphatic rings. The Hall–Kier alpha value is -2.63. The number of benzene rings is 2. The maximum Gasteiger partial charge on any atom is 0.243 e. The van der Waals surface area contributed by atoms with E-state index in [9.17, 15) is 21.6 Å². The first kappa shape index (κ1) is 27.0. The number of nitrogens with one attached hydrogen (secondary N) is 1. The largest absolute Gasteiger partial charge is 0.492 e. The van der Waals surface area contributed by atoms with E-state index in [1.807, 2.05) is 19.1 Å². The van der Waals surface area contributed by atoms with Crippen LogP contribution in [0.1, 0.15) is 32.3 Å². The van der Waals surface area contributed by atoms with Gasteiger partial charge in [0.25, 0.3) is 0 Å². The minimum Gasteiger partial charge on any atom is -0.492 e. The van der Waals surface area contributed by atoms with E-state index in [0.717, 1.165) is 35.4 Å². The minimum atomic E-state index is -3.69. The lowest BCUT2D eigenvalue weighted by Gasteiger charge is -2.28. The van der Waals surface area contributed by atoms with E-state index >= 15 is 0 Å². The summed E-state index contributed by atoms with van der Waals surface area (Å²) in [5.74, 6) is 0.0205. The zero-order chi connectivity index (χ0) is 25.6. The molecule has 0 saturated carbocycles. The molecule has 3 rings (SSSR count). The number of rotatable bonds is 11. The van der Waals surface area contributed by atoms with Crippen LogP contribution in [0.5, 0.6) is 5.75 Å². The summed E-state index contributed by atoms with van der Waals surface area (Å²) in [5.41, 5.74) is 1.49. The van der Waals surface area contributed by atoms with Gasteiger partial charge in [-0.2, -0.15) is 4.31 Å². The zero-order valence-electron chi connectivity index (χ0n) is 20.3. The number of anilines is 1. The molecular weight excluding hydrogens is 490 g/mol. The van der Waals surface area contributed by atoms with Crippen molar-refractivity contribution < 1.29 is 26.4 Å². The number of hydrogen-bond acceptors (Lipinski definition) is 6. The third-order valence-electron chi connectivity index (χ3n) is 5.88. The molecule has 0 bridgehead atoms. The molecule has 11 heteroatoms. The maximum absolute atomic E-state index is 12.7. The second-order valence-electron chi connectivity index (χ2n) is 8.48. The zero-order valence-corrected chi connectivity index (χ0v) is 21.9. The van der Waals surface area contributed by atoms with E-state index in [1.54, 1.807) is 24.3 Å². The molecule has 1 amide bonds. The quantitative estimate of drug-likeness (QED) is 0.453. The molecule has 9 nitrogen and oxygen atoms in total. The van der Waals surface area contributed by atoms with Crippen molar-refractivity contribution >= 4 is 31.6 Å². The molecule has 1 heterocycles. The first-order chi connectivity index (χ1) is 16.5. The SMILES string of the molecule is CCc1ccc(N([C@H](C)C(=O)NCCOc2ccc(S(=O)(=O)N3CCCC3)cc2)S(C)(=O)=O)cc1. The topological polar surface area (TPSA) is 113 Å². The predicted molar refractivity (Wildman–Crippen MR) is 136 cm³/mol. The number of hydrogen-bond donors (Lipinski definition) is 1. The van der Waals surface area contributed by atoms with Crippen LogP contribution in [-0.4, -0.2) is 65.6 Å². The number of aryl methyl sites for hydroxylation is 1. The van der Waals surface area contributed by atoms with E-state index in [-0.39, 0.29) is 18.0 Å². The van der Waals surface area contributed by atoms with Crippen molar-refractivity contribution in [3.05, 3.63) is 54.1 Å². The summed E-state index contributed by atoms with van der Waals surface area (Å²) in [7, 11) is -7.17. The summed E-state index contributed by atoms with van der Waals surface area (Å²) in [6.45, 7) is 4.92. The molecule has 2 aromatic rings. The summed E-state index contributed by atoms with van der Waals surface area (Å²) in [5, 5.41) is 2.70. The average Bonchev–Trinajstić information content (AvgIpc) is 3.38. The molecule has 0 aliphatic carbocycles. The normalized spacial score (nSPS) is 15.5. The van der Waals surface area contributed by atoms with Crippen LogP contribution in [0.4, 0.5) is 5.69 Å². The van der Waals surface area contributed by atoms with Gasteiger partial charge in [-0.25, -0.2) is 16.8 Å². The van der Waals surface area contributed by atoms with Crippen molar-refractivity contribution in [2.24, 2.45) is 0 Å². The van der Waals surface area contributed by atoms with Crippen LogP contribution in [0.25, 0.3) is 0 Å². The fourth-order valence-electron chi connectivity index (χ4n) is 3.96.